The third-order valence-corrected chi connectivity index (χ3v) is 3.76. The number of amides is 1. The second-order valence-corrected chi connectivity index (χ2v) is 5.81. The topological polar surface area (TPSA) is 51.2 Å². The van der Waals surface area contributed by atoms with E-state index in [2.05, 4.69) is 0 Å². The molecule has 1 aliphatic heterocycles. The first-order valence-corrected chi connectivity index (χ1v) is 7.33. The van der Waals surface area contributed by atoms with Crippen LogP contribution in [0, 0.1) is 0 Å². The van der Waals surface area contributed by atoms with E-state index in [1.165, 1.54) is 0 Å². The predicted octanol–water partition coefficient (Wildman–Crippen LogP) is 2.25. The molecule has 1 saturated heterocycles. The molecule has 22 heavy (non-hydrogen) atoms. The van der Waals surface area contributed by atoms with Gasteiger partial charge in [-0.1, -0.05) is 30.3 Å². The monoisotopic (exact) mass is 308 g/mol. The number of ether oxygens (including phenoxy) is 2. The Morgan fingerprint density at radius 2 is 2.09 bits per heavy atom. The fourth-order valence-electron chi connectivity index (χ4n) is 2.55. The molecule has 6 nitrogen and oxygen atoms in total. The molecule has 1 heterocycles. The average Bonchev–Trinajstić information content (AvgIpc) is 2.80. The van der Waals surface area contributed by atoms with E-state index in [1.54, 1.807) is 17.1 Å². The molecular formula is C16H24N2O4. The lowest BCUT2D eigenvalue weighted by atomic mass is 10.2. The molecule has 1 atom stereocenters. The van der Waals surface area contributed by atoms with Crippen LogP contribution in [0.15, 0.2) is 30.3 Å². The maximum Gasteiger partial charge on any atom is 0.412 e. The van der Waals surface area contributed by atoms with Gasteiger partial charge in [-0.3, -0.25) is 4.90 Å². The number of hydroxylamine groups is 2. The first-order chi connectivity index (χ1) is 10.4. The molecule has 0 radical (unpaired) electrons. The zero-order valence-corrected chi connectivity index (χ0v) is 13.6. The van der Waals surface area contributed by atoms with Crippen molar-refractivity contribution in [1.29, 1.82) is 0 Å². The molecule has 1 unspecified atom stereocenters. The van der Waals surface area contributed by atoms with Gasteiger partial charge in [-0.15, -0.1) is 0 Å². The van der Waals surface area contributed by atoms with Crippen LogP contribution >= 0.6 is 0 Å². The van der Waals surface area contributed by atoms with Crippen LogP contribution in [0.1, 0.15) is 19.4 Å². The highest BCUT2D eigenvalue weighted by Crippen LogP contribution is 2.28. The van der Waals surface area contributed by atoms with Crippen molar-refractivity contribution in [3.63, 3.8) is 0 Å². The van der Waals surface area contributed by atoms with Crippen molar-refractivity contribution in [2.24, 2.45) is 0 Å². The molecule has 0 saturated carbocycles. The van der Waals surface area contributed by atoms with Crippen LogP contribution in [-0.4, -0.2) is 55.1 Å². The molecule has 1 amide bonds. The third kappa shape index (κ3) is 3.97. The number of likely N-dealkylation sites (N-methyl/N-ethyl adjacent to an activating group) is 1. The van der Waals surface area contributed by atoms with Gasteiger partial charge in [0.15, 0.2) is 0 Å². The van der Waals surface area contributed by atoms with Gasteiger partial charge in [0.2, 0.25) is 0 Å². The number of benzene rings is 1. The second-order valence-electron chi connectivity index (χ2n) is 5.81. The van der Waals surface area contributed by atoms with Gasteiger partial charge in [-0.2, -0.15) is 5.06 Å². The summed E-state index contributed by atoms with van der Waals surface area (Å²) in [6.45, 7) is 4.99. The molecular weight excluding hydrogens is 284 g/mol. The average molecular weight is 308 g/mol. The molecule has 1 aromatic carbocycles. The number of carbonyl (C=O) groups excluding carboxylic acids is 1. The van der Waals surface area contributed by atoms with Crippen LogP contribution in [0.2, 0.25) is 0 Å². The summed E-state index contributed by atoms with van der Waals surface area (Å²) in [7, 11) is 3.41. The zero-order valence-electron chi connectivity index (χ0n) is 13.6. The third-order valence-electron chi connectivity index (χ3n) is 3.76. The lowest BCUT2D eigenvalue weighted by Gasteiger charge is -2.33. The summed E-state index contributed by atoms with van der Waals surface area (Å²) in [6.07, 6.45) is -0.374. The Morgan fingerprint density at radius 3 is 2.73 bits per heavy atom. The van der Waals surface area contributed by atoms with Gasteiger partial charge in [0, 0.05) is 13.6 Å². The summed E-state index contributed by atoms with van der Waals surface area (Å²) in [5, 5.41) is 1.67. The number of carbonyl (C=O) groups is 1. The summed E-state index contributed by atoms with van der Waals surface area (Å²) in [5.41, 5.74) is 0.270. The van der Waals surface area contributed by atoms with Gasteiger partial charge < -0.3 is 14.3 Å². The Hall–Kier alpha value is -1.63. The first kappa shape index (κ1) is 16.7. The minimum Gasteiger partial charge on any atom is -0.444 e. The number of nitrogens with zero attached hydrogens (tertiary/aromatic N) is 2. The van der Waals surface area contributed by atoms with E-state index in [4.69, 9.17) is 14.3 Å². The van der Waals surface area contributed by atoms with Gasteiger partial charge in [-0.05, 0) is 19.4 Å². The van der Waals surface area contributed by atoms with Crippen molar-refractivity contribution < 1.29 is 19.1 Å². The molecule has 0 spiro atoms. The summed E-state index contributed by atoms with van der Waals surface area (Å²) < 4.78 is 11.2. The van der Waals surface area contributed by atoms with Gasteiger partial charge in [0.05, 0.1) is 19.8 Å². The normalized spacial score (nSPS) is 20.4. The van der Waals surface area contributed by atoms with Crippen molar-refractivity contribution in [1.82, 2.24) is 9.96 Å². The predicted molar refractivity (Wildman–Crippen MR) is 81.9 cm³/mol. The molecule has 0 aromatic heterocycles. The van der Waals surface area contributed by atoms with Gasteiger partial charge >= 0.3 is 6.09 Å². The van der Waals surface area contributed by atoms with E-state index in [9.17, 15) is 4.79 Å². The summed E-state index contributed by atoms with van der Waals surface area (Å²) in [4.78, 5) is 19.3. The van der Waals surface area contributed by atoms with Gasteiger partial charge in [0.1, 0.15) is 12.3 Å². The highest BCUT2D eigenvalue weighted by molar-refractivity contribution is 5.69. The Bertz CT molecular complexity index is 492. The van der Waals surface area contributed by atoms with E-state index in [0.29, 0.717) is 13.2 Å². The first-order valence-electron chi connectivity index (χ1n) is 7.33. The molecule has 1 aromatic rings. The Kier molecular flexibility index (Phi) is 5.39. The molecule has 6 heteroatoms. The summed E-state index contributed by atoms with van der Waals surface area (Å²) >= 11 is 0. The van der Waals surface area contributed by atoms with Crippen molar-refractivity contribution in [3.8, 4) is 0 Å². The quantitative estimate of drug-likeness (QED) is 0.781. The van der Waals surface area contributed by atoms with E-state index in [1.807, 2.05) is 51.2 Å². The standard InChI is InChI=1S/C16H24N2O4/c1-16(2)18(14(12-22-16)10-17(3)20-4)15(19)21-11-13-8-6-5-7-9-13/h5-9,14H,10-12H2,1-4H3. The van der Waals surface area contributed by atoms with Crippen molar-refractivity contribution in [2.75, 3.05) is 27.3 Å². The zero-order chi connectivity index (χ0) is 16.2. The van der Waals surface area contributed by atoms with Crippen LogP contribution in [0.25, 0.3) is 0 Å². The maximum absolute atomic E-state index is 12.5. The maximum atomic E-state index is 12.5. The van der Waals surface area contributed by atoms with Crippen molar-refractivity contribution in [3.05, 3.63) is 35.9 Å². The second kappa shape index (κ2) is 7.09. The van der Waals surface area contributed by atoms with Gasteiger partial charge in [-0.25, -0.2) is 4.79 Å². The molecule has 2 rings (SSSR count). The van der Waals surface area contributed by atoms with Crippen LogP contribution < -0.4 is 0 Å². The van der Waals surface area contributed by atoms with E-state index in [0.717, 1.165) is 5.56 Å². The summed E-state index contributed by atoms with van der Waals surface area (Å²) in [6, 6.07) is 9.51. The Balaban J connectivity index is 2.00. The largest absolute Gasteiger partial charge is 0.444 e. The number of rotatable bonds is 5. The molecule has 122 valence electrons. The minimum atomic E-state index is -0.687. The fraction of sp³-hybridized carbons (Fsp3) is 0.562. The van der Waals surface area contributed by atoms with E-state index in [-0.39, 0.29) is 18.7 Å². The summed E-state index contributed by atoms with van der Waals surface area (Å²) in [5.74, 6) is 0. The highest BCUT2D eigenvalue weighted by atomic mass is 16.7. The smallest absolute Gasteiger partial charge is 0.412 e. The van der Waals surface area contributed by atoms with Crippen molar-refractivity contribution in [2.45, 2.75) is 32.2 Å². The SMILES string of the molecule is CON(C)CC1COC(C)(C)N1C(=O)OCc1ccccc1. The van der Waals surface area contributed by atoms with Crippen molar-refractivity contribution >= 4 is 6.09 Å². The number of hydrogen-bond acceptors (Lipinski definition) is 5. The molecule has 1 fully saturated rings. The van der Waals surface area contributed by atoms with Crippen LogP contribution in [0.3, 0.4) is 0 Å². The number of hydrogen-bond donors (Lipinski definition) is 0. The minimum absolute atomic E-state index is 0.108. The van der Waals surface area contributed by atoms with E-state index < -0.39 is 5.72 Å². The molecule has 0 N–H and O–H groups in total. The fourth-order valence-corrected chi connectivity index (χ4v) is 2.55. The van der Waals surface area contributed by atoms with Gasteiger partial charge in [0.25, 0.3) is 0 Å². The molecule has 1 aliphatic rings. The molecule has 0 bridgehead atoms. The highest BCUT2D eigenvalue weighted by Gasteiger charge is 2.45. The Morgan fingerprint density at radius 1 is 1.41 bits per heavy atom. The Labute approximate surface area is 131 Å². The molecule has 0 aliphatic carbocycles. The van der Waals surface area contributed by atoms with Crippen LogP contribution in [-0.2, 0) is 20.9 Å². The van der Waals surface area contributed by atoms with E-state index >= 15 is 0 Å². The van der Waals surface area contributed by atoms with Crippen LogP contribution in [0.4, 0.5) is 4.79 Å². The van der Waals surface area contributed by atoms with Crippen LogP contribution in [0.5, 0.6) is 0 Å². The lowest BCUT2D eigenvalue weighted by molar-refractivity contribution is -0.120. The lowest BCUT2D eigenvalue weighted by Crippen LogP contribution is -2.51.